The minimum atomic E-state index is -0.0961. The first-order valence-corrected chi connectivity index (χ1v) is 7.16. The Morgan fingerprint density at radius 1 is 1.11 bits per heavy atom. The lowest BCUT2D eigenvalue weighted by atomic mass is 10.1. The van der Waals surface area contributed by atoms with Gasteiger partial charge in [0.1, 0.15) is 5.52 Å². The van der Waals surface area contributed by atoms with Crippen LogP contribution in [-0.4, -0.2) is 4.98 Å². The molecule has 3 nitrogen and oxygen atoms in total. The maximum atomic E-state index is 6.24. The van der Waals surface area contributed by atoms with Crippen molar-refractivity contribution in [1.82, 2.24) is 4.98 Å². The van der Waals surface area contributed by atoms with E-state index in [9.17, 15) is 0 Å². The SMILES string of the molecule is NC(Cc1nc2ccccc2o1)c1ccccc1I. The highest BCUT2D eigenvalue weighted by Crippen LogP contribution is 2.23. The van der Waals surface area contributed by atoms with E-state index in [1.165, 1.54) is 3.57 Å². The van der Waals surface area contributed by atoms with Gasteiger partial charge in [-0.15, -0.1) is 0 Å². The van der Waals surface area contributed by atoms with E-state index in [0.717, 1.165) is 16.7 Å². The van der Waals surface area contributed by atoms with Crippen LogP contribution in [0.3, 0.4) is 0 Å². The molecule has 0 aliphatic carbocycles. The van der Waals surface area contributed by atoms with Gasteiger partial charge < -0.3 is 10.2 Å². The molecule has 96 valence electrons. The van der Waals surface area contributed by atoms with E-state index < -0.39 is 0 Å². The molecule has 0 radical (unpaired) electrons. The smallest absolute Gasteiger partial charge is 0.197 e. The fourth-order valence-corrected chi connectivity index (χ4v) is 2.87. The van der Waals surface area contributed by atoms with Gasteiger partial charge in [0.25, 0.3) is 0 Å². The van der Waals surface area contributed by atoms with Gasteiger partial charge in [-0.25, -0.2) is 4.98 Å². The molecule has 2 N–H and O–H groups in total. The van der Waals surface area contributed by atoms with E-state index in [0.29, 0.717) is 12.3 Å². The standard InChI is InChI=1S/C15H13IN2O/c16-11-6-2-1-5-10(11)12(17)9-15-18-13-7-3-4-8-14(13)19-15/h1-8,12H,9,17H2. The second-order valence-corrected chi connectivity index (χ2v) is 5.57. The minimum absolute atomic E-state index is 0.0961. The molecular weight excluding hydrogens is 351 g/mol. The molecule has 0 saturated heterocycles. The van der Waals surface area contributed by atoms with Crippen molar-refractivity contribution >= 4 is 33.7 Å². The number of para-hydroxylation sites is 2. The number of fused-ring (bicyclic) bond motifs is 1. The molecule has 0 bridgehead atoms. The molecular formula is C15H13IN2O. The Morgan fingerprint density at radius 3 is 2.63 bits per heavy atom. The van der Waals surface area contributed by atoms with Gasteiger partial charge >= 0.3 is 0 Å². The highest BCUT2D eigenvalue weighted by Gasteiger charge is 2.14. The van der Waals surface area contributed by atoms with Crippen molar-refractivity contribution in [3.05, 3.63) is 63.6 Å². The number of hydrogen-bond acceptors (Lipinski definition) is 3. The fourth-order valence-electron chi connectivity index (χ4n) is 2.08. The average molecular weight is 364 g/mol. The number of nitrogens with zero attached hydrogens (tertiary/aromatic N) is 1. The van der Waals surface area contributed by atoms with Crippen LogP contribution in [0.2, 0.25) is 0 Å². The summed E-state index contributed by atoms with van der Waals surface area (Å²) in [5, 5.41) is 0. The number of nitrogens with two attached hydrogens (primary N) is 1. The molecule has 0 spiro atoms. The van der Waals surface area contributed by atoms with Gasteiger partial charge in [0.2, 0.25) is 0 Å². The summed E-state index contributed by atoms with van der Waals surface area (Å²) in [7, 11) is 0. The molecule has 1 heterocycles. The van der Waals surface area contributed by atoms with E-state index in [-0.39, 0.29) is 6.04 Å². The third-order valence-corrected chi connectivity index (χ3v) is 4.02. The summed E-state index contributed by atoms with van der Waals surface area (Å²) in [4.78, 5) is 4.46. The van der Waals surface area contributed by atoms with Crippen LogP contribution < -0.4 is 5.73 Å². The van der Waals surface area contributed by atoms with Crippen LogP contribution >= 0.6 is 22.6 Å². The second-order valence-electron chi connectivity index (χ2n) is 4.41. The molecule has 0 aliphatic heterocycles. The molecule has 1 aromatic heterocycles. The third kappa shape index (κ3) is 2.64. The van der Waals surface area contributed by atoms with E-state index >= 15 is 0 Å². The fraction of sp³-hybridized carbons (Fsp3) is 0.133. The first kappa shape index (κ1) is 12.6. The van der Waals surface area contributed by atoms with E-state index in [1.54, 1.807) is 0 Å². The molecule has 3 aromatic rings. The molecule has 0 fully saturated rings. The van der Waals surface area contributed by atoms with Crippen molar-refractivity contribution < 1.29 is 4.42 Å². The number of aromatic nitrogens is 1. The predicted octanol–water partition coefficient (Wildman–Crippen LogP) is 3.67. The molecule has 0 saturated carbocycles. The topological polar surface area (TPSA) is 52.0 Å². The number of rotatable bonds is 3. The van der Waals surface area contributed by atoms with Gasteiger partial charge in [-0.2, -0.15) is 0 Å². The minimum Gasteiger partial charge on any atom is -0.441 e. The summed E-state index contributed by atoms with van der Waals surface area (Å²) < 4.78 is 6.88. The summed E-state index contributed by atoms with van der Waals surface area (Å²) in [6, 6.07) is 15.8. The number of benzene rings is 2. The van der Waals surface area contributed by atoms with Crippen LogP contribution in [0.25, 0.3) is 11.1 Å². The van der Waals surface area contributed by atoms with Gasteiger partial charge in [-0.1, -0.05) is 30.3 Å². The van der Waals surface area contributed by atoms with Crippen molar-refractivity contribution in [3.63, 3.8) is 0 Å². The number of hydrogen-bond donors (Lipinski definition) is 1. The van der Waals surface area contributed by atoms with Crippen LogP contribution in [0.15, 0.2) is 52.9 Å². The highest BCUT2D eigenvalue weighted by atomic mass is 127. The lowest BCUT2D eigenvalue weighted by Crippen LogP contribution is -2.14. The summed E-state index contributed by atoms with van der Waals surface area (Å²) in [5.74, 6) is 0.688. The zero-order chi connectivity index (χ0) is 13.2. The van der Waals surface area contributed by atoms with Crippen molar-refractivity contribution in [2.24, 2.45) is 5.73 Å². The van der Waals surface area contributed by atoms with E-state index in [4.69, 9.17) is 10.2 Å². The Labute approximate surface area is 125 Å². The van der Waals surface area contributed by atoms with Gasteiger partial charge in [-0.3, -0.25) is 0 Å². The molecule has 1 atom stereocenters. The molecule has 4 heteroatoms. The number of oxazole rings is 1. The Morgan fingerprint density at radius 2 is 1.84 bits per heavy atom. The maximum absolute atomic E-state index is 6.24. The predicted molar refractivity (Wildman–Crippen MR) is 83.8 cm³/mol. The monoisotopic (exact) mass is 364 g/mol. The molecule has 3 rings (SSSR count). The summed E-state index contributed by atoms with van der Waals surface area (Å²) in [6.07, 6.45) is 0.606. The Balaban J connectivity index is 1.86. The van der Waals surface area contributed by atoms with Crippen LogP contribution in [0.1, 0.15) is 17.5 Å². The number of halogens is 1. The van der Waals surface area contributed by atoms with Crippen molar-refractivity contribution in [2.45, 2.75) is 12.5 Å². The summed E-state index contributed by atoms with van der Waals surface area (Å²) in [6.45, 7) is 0. The summed E-state index contributed by atoms with van der Waals surface area (Å²) in [5.41, 5.74) is 9.07. The van der Waals surface area contributed by atoms with Crippen molar-refractivity contribution in [3.8, 4) is 0 Å². The first-order valence-electron chi connectivity index (χ1n) is 6.08. The molecule has 2 aromatic carbocycles. The van der Waals surface area contributed by atoms with Crippen LogP contribution in [0, 0.1) is 3.57 Å². The Hall–Kier alpha value is -1.40. The molecule has 0 amide bonds. The zero-order valence-electron chi connectivity index (χ0n) is 10.2. The Kier molecular flexibility index (Phi) is 3.52. The molecule has 0 aliphatic rings. The van der Waals surface area contributed by atoms with Gasteiger partial charge in [0, 0.05) is 16.0 Å². The van der Waals surface area contributed by atoms with E-state index in [2.05, 4.69) is 39.7 Å². The van der Waals surface area contributed by atoms with Gasteiger partial charge in [-0.05, 0) is 46.4 Å². The summed E-state index contributed by atoms with van der Waals surface area (Å²) >= 11 is 2.30. The van der Waals surface area contributed by atoms with Crippen LogP contribution in [0.5, 0.6) is 0 Å². The largest absolute Gasteiger partial charge is 0.441 e. The highest BCUT2D eigenvalue weighted by molar-refractivity contribution is 14.1. The van der Waals surface area contributed by atoms with Crippen molar-refractivity contribution in [1.29, 1.82) is 0 Å². The lowest BCUT2D eigenvalue weighted by Gasteiger charge is -2.11. The molecule has 19 heavy (non-hydrogen) atoms. The normalized spacial score (nSPS) is 12.7. The zero-order valence-corrected chi connectivity index (χ0v) is 12.4. The third-order valence-electron chi connectivity index (χ3n) is 3.04. The second kappa shape index (κ2) is 5.30. The van der Waals surface area contributed by atoms with Gasteiger partial charge in [0.05, 0.1) is 0 Å². The first-order chi connectivity index (χ1) is 9.24. The quantitative estimate of drug-likeness (QED) is 0.722. The Bertz CT molecular complexity index is 675. The maximum Gasteiger partial charge on any atom is 0.197 e. The van der Waals surface area contributed by atoms with Crippen molar-refractivity contribution in [2.75, 3.05) is 0 Å². The van der Waals surface area contributed by atoms with E-state index in [1.807, 2.05) is 36.4 Å². The van der Waals surface area contributed by atoms with Crippen LogP contribution in [-0.2, 0) is 6.42 Å². The van der Waals surface area contributed by atoms with Crippen LogP contribution in [0.4, 0.5) is 0 Å². The van der Waals surface area contributed by atoms with Gasteiger partial charge in [0.15, 0.2) is 11.5 Å². The average Bonchev–Trinajstić information content (AvgIpc) is 2.81. The molecule has 1 unspecified atom stereocenters. The lowest BCUT2D eigenvalue weighted by molar-refractivity contribution is 0.502.